The normalized spacial score (nSPS) is 10.5. The summed E-state index contributed by atoms with van der Waals surface area (Å²) in [5.74, 6) is 0.395. The summed E-state index contributed by atoms with van der Waals surface area (Å²) in [7, 11) is 1.61. The van der Waals surface area contributed by atoms with Gasteiger partial charge >= 0.3 is 5.97 Å². The van der Waals surface area contributed by atoms with Crippen molar-refractivity contribution in [1.29, 1.82) is 0 Å². The van der Waals surface area contributed by atoms with E-state index < -0.39 is 5.97 Å². The van der Waals surface area contributed by atoms with E-state index in [-0.39, 0.29) is 0 Å². The van der Waals surface area contributed by atoms with Gasteiger partial charge in [-0.15, -0.1) is 0 Å². The molecule has 0 amide bonds. The van der Waals surface area contributed by atoms with Crippen LogP contribution in [-0.2, 0) is 11.4 Å². The molecule has 0 bridgehead atoms. The van der Waals surface area contributed by atoms with E-state index in [4.69, 9.17) is 14.6 Å². The Morgan fingerprint density at radius 1 is 1.10 bits per heavy atom. The fourth-order valence-electron chi connectivity index (χ4n) is 1.89. The second-order valence-corrected chi connectivity index (χ2v) is 4.31. The highest BCUT2D eigenvalue weighted by Crippen LogP contribution is 2.23. The van der Waals surface area contributed by atoms with E-state index >= 15 is 0 Å². The molecule has 0 unspecified atom stereocenters. The number of carbonyl (C=O) groups is 1. The number of hydrogen-bond acceptors (Lipinski definition) is 3. The van der Waals surface area contributed by atoms with Crippen molar-refractivity contribution < 1.29 is 19.4 Å². The number of carboxylic acid groups (broad SMARTS) is 1. The Kier molecular flexibility index (Phi) is 4.99. The van der Waals surface area contributed by atoms with Crippen LogP contribution < -0.4 is 9.47 Å². The van der Waals surface area contributed by atoms with E-state index in [1.807, 2.05) is 36.4 Å². The van der Waals surface area contributed by atoms with Gasteiger partial charge in [0.15, 0.2) is 0 Å². The molecule has 2 aromatic carbocycles. The number of rotatable bonds is 6. The molecule has 0 aliphatic heterocycles. The Bertz CT molecular complexity index is 647. The molecule has 4 heteroatoms. The predicted molar refractivity (Wildman–Crippen MR) is 80.4 cm³/mol. The highest BCUT2D eigenvalue weighted by molar-refractivity contribution is 5.85. The molecule has 2 aromatic rings. The molecule has 2 rings (SSSR count). The first kappa shape index (κ1) is 14.7. The number of methoxy groups -OCH3 is 1. The number of ether oxygens (including phenoxy) is 2. The molecule has 0 saturated heterocycles. The Hall–Kier alpha value is -2.75. The minimum absolute atomic E-state index is 0.349. The van der Waals surface area contributed by atoms with Crippen LogP contribution in [0.25, 0.3) is 6.08 Å². The lowest BCUT2D eigenvalue weighted by molar-refractivity contribution is -0.131. The maximum atomic E-state index is 10.6. The molecule has 108 valence electrons. The van der Waals surface area contributed by atoms with E-state index in [1.165, 1.54) is 6.08 Å². The van der Waals surface area contributed by atoms with E-state index in [1.54, 1.807) is 19.2 Å². The molecule has 0 saturated carbocycles. The van der Waals surface area contributed by atoms with Gasteiger partial charge in [-0.3, -0.25) is 0 Å². The van der Waals surface area contributed by atoms with Gasteiger partial charge in [0.1, 0.15) is 18.1 Å². The van der Waals surface area contributed by atoms with Crippen LogP contribution in [0.5, 0.6) is 11.5 Å². The molecule has 0 aliphatic rings. The largest absolute Gasteiger partial charge is 0.496 e. The van der Waals surface area contributed by atoms with Crippen LogP contribution in [0, 0.1) is 0 Å². The summed E-state index contributed by atoms with van der Waals surface area (Å²) in [5, 5.41) is 8.70. The van der Waals surface area contributed by atoms with Gasteiger partial charge in [-0.1, -0.05) is 36.4 Å². The number of benzene rings is 2. The number of carboxylic acids is 1. The van der Waals surface area contributed by atoms with Crippen molar-refractivity contribution in [3.63, 3.8) is 0 Å². The van der Waals surface area contributed by atoms with Crippen LogP contribution in [0.2, 0.25) is 0 Å². The molecule has 21 heavy (non-hydrogen) atoms. The maximum Gasteiger partial charge on any atom is 0.328 e. The molecular weight excluding hydrogens is 268 g/mol. The summed E-state index contributed by atoms with van der Waals surface area (Å²) < 4.78 is 11.0. The Labute approximate surface area is 123 Å². The van der Waals surface area contributed by atoms with E-state index in [9.17, 15) is 4.79 Å². The minimum Gasteiger partial charge on any atom is -0.496 e. The second kappa shape index (κ2) is 7.14. The van der Waals surface area contributed by atoms with Crippen molar-refractivity contribution in [3.8, 4) is 11.5 Å². The zero-order chi connectivity index (χ0) is 15.1. The van der Waals surface area contributed by atoms with Crippen LogP contribution >= 0.6 is 0 Å². The first-order valence-corrected chi connectivity index (χ1v) is 6.45. The van der Waals surface area contributed by atoms with Gasteiger partial charge in [-0.05, 0) is 18.2 Å². The summed E-state index contributed by atoms with van der Waals surface area (Å²) in [6, 6.07) is 14.9. The topological polar surface area (TPSA) is 55.8 Å². The third kappa shape index (κ3) is 4.11. The van der Waals surface area contributed by atoms with Crippen molar-refractivity contribution in [1.82, 2.24) is 0 Å². The SMILES string of the molecule is COc1ccccc1COc1ccccc1C=CC(=O)O. The van der Waals surface area contributed by atoms with E-state index in [0.29, 0.717) is 12.4 Å². The number of para-hydroxylation sites is 2. The molecule has 0 heterocycles. The third-order valence-corrected chi connectivity index (χ3v) is 2.90. The van der Waals surface area contributed by atoms with E-state index in [2.05, 4.69) is 0 Å². The van der Waals surface area contributed by atoms with Gasteiger partial charge in [0, 0.05) is 17.2 Å². The van der Waals surface area contributed by atoms with Gasteiger partial charge in [0.25, 0.3) is 0 Å². The standard InChI is InChI=1S/C17H16O4/c1-20-15-8-4-3-7-14(15)12-21-16-9-5-2-6-13(16)10-11-17(18)19/h2-11H,12H2,1H3,(H,18,19). The van der Waals surface area contributed by atoms with Crippen LogP contribution in [0.4, 0.5) is 0 Å². The number of aliphatic carboxylic acids is 1. The lowest BCUT2D eigenvalue weighted by Gasteiger charge is -2.11. The van der Waals surface area contributed by atoms with Gasteiger partial charge in [-0.2, -0.15) is 0 Å². The Balaban J connectivity index is 2.15. The summed E-state index contributed by atoms with van der Waals surface area (Å²) in [6.07, 6.45) is 2.60. The lowest BCUT2D eigenvalue weighted by Crippen LogP contribution is -1.99. The molecule has 0 radical (unpaired) electrons. The fourth-order valence-corrected chi connectivity index (χ4v) is 1.89. The lowest BCUT2D eigenvalue weighted by atomic mass is 10.2. The summed E-state index contributed by atoms with van der Waals surface area (Å²) in [4.78, 5) is 10.6. The fraction of sp³-hybridized carbons (Fsp3) is 0.118. The van der Waals surface area contributed by atoms with Gasteiger partial charge in [0.05, 0.1) is 7.11 Å². The molecule has 4 nitrogen and oxygen atoms in total. The summed E-state index contributed by atoms with van der Waals surface area (Å²) >= 11 is 0. The Morgan fingerprint density at radius 2 is 1.76 bits per heavy atom. The third-order valence-electron chi connectivity index (χ3n) is 2.90. The van der Waals surface area contributed by atoms with Gasteiger partial charge < -0.3 is 14.6 Å². The van der Waals surface area contributed by atoms with Gasteiger partial charge in [-0.25, -0.2) is 4.79 Å². The van der Waals surface area contributed by atoms with Crippen LogP contribution in [0.1, 0.15) is 11.1 Å². The van der Waals surface area contributed by atoms with Crippen molar-refractivity contribution in [2.24, 2.45) is 0 Å². The first-order valence-electron chi connectivity index (χ1n) is 6.45. The minimum atomic E-state index is -0.991. The zero-order valence-electron chi connectivity index (χ0n) is 11.7. The zero-order valence-corrected chi connectivity index (χ0v) is 11.7. The Morgan fingerprint density at radius 3 is 2.48 bits per heavy atom. The maximum absolute atomic E-state index is 10.6. The van der Waals surface area contributed by atoms with Crippen molar-refractivity contribution in [2.45, 2.75) is 6.61 Å². The second-order valence-electron chi connectivity index (χ2n) is 4.31. The predicted octanol–water partition coefficient (Wildman–Crippen LogP) is 3.37. The van der Waals surface area contributed by atoms with E-state index in [0.717, 1.165) is 23.0 Å². The first-order chi connectivity index (χ1) is 10.2. The summed E-state index contributed by atoms with van der Waals surface area (Å²) in [5.41, 5.74) is 1.65. The quantitative estimate of drug-likeness (QED) is 0.826. The smallest absolute Gasteiger partial charge is 0.328 e. The molecule has 0 atom stereocenters. The van der Waals surface area contributed by atoms with Crippen molar-refractivity contribution in [2.75, 3.05) is 7.11 Å². The molecule has 1 N–H and O–H groups in total. The van der Waals surface area contributed by atoms with Gasteiger partial charge in [0.2, 0.25) is 0 Å². The number of hydrogen-bond donors (Lipinski definition) is 1. The van der Waals surface area contributed by atoms with Crippen LogP contribution in [0.3, 0.4) is 0 Å². The summed E-state index contributed by atoms with van der Waals surface area (Å²) in [6.45, 7) is 0.349. The van der Waals surface area contributed by atoms with Crippen LogP contribution in [0.15, 0.2) is 54.6 Å². The average molecular weight is 284 g/mol. The highest BCUT2D eigenvalue weighted by Gasteiger charge is 2.05. The molecular formula is C17H16O4. The van der Waals surface area contributed by atoms with Crippen molar-refractivity contribution in [3.05, 3.63) is 65.7 Å². The van der Waals surface area contributed by atoms with Crippen LogP contribution in [-0.4, -0.2) is 18.2 Å². The van der Waals surface area contributed by atoms with Crippen molar-refractivity contribution >= 4 is 12.0 Å². The molecule has 0 aromatic heterocycles. The average Bonchev–Trinajstić information content (AvgIpc) is 2.51. The monoisotopic (exact) mass is 284 g/mol. The molecule has 0 fully saturated rings. The molecule has 0 spiro atoms. The highest BCUT2D eigenvalue weighted by atomic mass is 16.5. The molecule has 0 aliphatic carbocycles.